The molecule has 0 atom stereocenters. The Morgan fingerprint density at radius 1 is 1.00 bits per heavy atom. The molecule has 3 nitrogen and oxygen atoms in total. The number of fused-ring (bicyclic) bond motifs is 1. The molecule has 0 fully saturated rings. The van der Waals surface area contributed by atoms with Crippen molar-refractivity contribution in [2.75, 3.05) is 11.9 Å². The third kappa shape index (κ3) is 2.92. The average molecular weight is 279 g/mol. The van der Waals surface area contributed by atoms with E-state index in [1.807, 2.05) is 24.3 Å². The number of benzene rings is 2. The Morgan fingerprint density at radius 3 is 2.48 bits per heavy atom. The van der Waals surface area contributed by atoms with E-state index in [1.165, 1.54) is 5.52 Å². The van der Waals surface area contributed by atoms with Crippen molar-refractivity contribution in [2.24, 2.45) is 0 Å². The fraction of sp³-hybridized carbons (Fsp3) is 0.278. The molecule has 1 heterocycles. The van der Waals surface area contributed by atoms with Crippen molar-refractivity contribution in [3.8, 4) is 0 Å². The zero-order valence-corrected chi connectivity index (χ0v) is 12.6. The Morgan fingerprint density at radius 2 is 1.71 bits per heavy atom. The first-order chi connectivity index (χ1) is 10.3. The van der Waals surface area contributed by atoms with Crippen LogP contribution in [0.15, 0.2) is 54.6 Å². The number of hydrogen-bond donors (Lipinski definition) is 1. The molecular weight excluding hydrogens is 258 g/mol. The topological polar surface area (TPSA) is 29.9 Å². The van der Waals surface area contributed by atoms with E-state index in [0.717, 1.165) is 30.0 Å². The second-order valence-electron chi connectivity index (χ2n) is 5.52. The number of aromatic nitrogens is 2. The van der Waals surface area contributed by atoms with E-state index in [2.05, 4.69) is 54.1 Å². The van der Waals surface area contributed by atoms with Crippen molar-refractivity contribution in [2.45, 2.75) is 26.3 Å². The molecule has 0 bridgehead atoms. The SMILES string of the molecule is CC(C)n1c(CCNc2ccccc2)nc2ccccc21. The Hall–Kier alpha value is -2.29. The summed E-state index contributed by atoms with van der Waals surface area (Å²) < 4.78 is 2.34. The van der Waals surface area contributed by atoms with E-state index in [0.29, 0.717) is 6.04 Å². The normalized spacial score (nSPS) is 11.2. The van der Waals surface area contributed by atoms with Crippen molar-refractivity contribution in [1.29, 1.82) is 0 Å². The highest BCUT2D eigenvalue weighted by Crippen LogP contribution is 2.21. The van der Waals surface area contributed by atoms with E-state index < -0.39 is 0 Å². The number of nitrogens with one attached hydrogen (secondary N) is 1. The molecule has 0 aliphatic rings. The zero-order valence-electron chi connectivity index (χ0n) is 12.6. The van der Waals surface area contributed by atoms with Gasteiger partial charge < -0.3 is 9.88 Å². The second kappa shape index (κ2) is 6.00. The van der Waals surface area contributed by atoms with Gasteiger partial charge in [-0.15, -0.1) is 0 Å². The van der Waals surface area contributed by atoms with E-state index in [-0.39, 0.29) is 0 Å². The summed E-state index contributed by atoms with van der Waals surface area (Å²) in [6.07, 6.45) is 0.918. The fourth-order valence-electron chi connectivity index (χ4n) is 2.72. The van der Waals surface area contributed by atoms with Crippen molar-refractivity contribution in [3.63, 3.8) is 0 Å². The van der Waals surface area contributed by atoms with E-state index in [1.54, 1.807) is 0 Å². The predicted octanol–water partition coefficient (Wildman–Crippen LogP) is 4.27. The minimum absolute atomic E-state index is 0.420. The van der Waals surface area contributed by atoms with Crippen molar-refractivity contribution >= 4 is 16.7 Å². The van der Waals surface area contributed by atoms with Crippen LogP contribution in [-0.4, -0.2) is 16.1 Å². The molecule has 0 saturated carbocycles. The van der Waals surface area contributed by atoms with Gasteiger partial charge in [0, 0.05) is 24.7 Å². The number of hydrogen-bond acceptors (Lipinski definition) is 2. The molecule has 108 valence electrons. The standard InChI is InChI=1S/C18H21N3/c1-14(2)21-17-11-7-6-10-16(17)20-18(21)12-13-19-15-8-4-3-5-9-15/h3-11,14,19H,12-13H2,1-2H3. The average Bonchev–Trinajstić information content (AvgIpc) is 2.86. The van der Waals surface area contributed by atoms with Gasteiger partial charge in [-0.2, -0.15) is 0 Å². The largest absolute Gasteiger partial charge is 0.385 e. The third-order valence-corrected chi connectivity index (χ3v) is 3.64. The highest BCUT2D eigenvalue weighted by Gasteiger charge is 2.12. The Bertz CT molecular complexity index is 714. The van der Waals surface area contributed by atoms with Crippen LogP contribution in [0.3, 0.4) is 0 Å². The maximum atomic E-state index is 4.79. The number of nitrogens with zero attached hydrogens (tertiary/aromatic N) is 2. The summed E-state index contributed by atoms with van der Waals surface area (Å²) in [4.78, 5) is 4.79. The minimum Gasteiger partial charge on any atom is -0.385 e. The number of rotatable bonds is 5. The van der Waals surface area contributed by atoms with Crippen molar-refractivity contribution in [1.82, 2.24) is 9.55 Å². The van der Waals surface area contributed by atoms with Crippen LogP contribution >= 0.6 is 0 Å². The van der Waals surface area contributed by atoms with Gasteiger partial charge in [-0.25, -0.2) is 4.98 Å². The maximum absolute atomic E-state index is 4.79. The van der Waals surface area contributed by atoms with Crippen LogP contribution in [0.4, 0.5) is 5.69 Å². The lowest BCUT2D eigenvalue weighted by Crippen LogP contribution is -2.11. The lowest BCUT2D eigenvalue weighted by Gasteiger charge is -2.13. The predicted molar refractivity (Wildman–Crippen MR) is 88.8 cm³/mol. The maximum Gasteiger partial charge on any atom is 0.111 e. The molecule has 1 N–H and O–H groups in total. The first kappa shape index (κ1) is 13.7. The monoisotopic (exact) mass is 279 g/mol. The summed E-state index contributed by atoms with van der Waals surface area (Å²) in [6.45, 7) is 5.31. The van der Waals surface area contributed by atoms with Crippen LogP contribution < -0.4 is 5.32 Å². The smallest absolute Gasteiger partial charge is 0.111 e. The summed E-state index contributed by atoms with van der Waals surface area (Å²) in [7, 11) is 0. The molecule has 1 aromatic heterocycles. The van der Waals surface area contributed by atoms with Crippen LogP contribution in [0.25, 0.3) is 11.0 Å². The molecule has 0 aliphatic carbocycles. The molecule has 0 saturated heterocycles. The molecule has 0 amide bonds. The third-order valence-electron chi connectivity index (χ3n) is 3.64. The van der Waals surface area contributed by atoms with Crippen LogP contribution in [0.1, 0.15) is 25.7 Å². The second-order valence-corrected chi connectivity index (χ2v) is 5.52. The van der Waals surface area contributed by atoms with Crippen LogP contribution in [0, 0.1) is 0 Å². The van der Waals surface area contributed by atoms with Gasteiger partial charge in [0.25, 0.3) is 0 Å². The fourth-order valence-corrected chi connectivity index (χ4v) is 2.72. The summed E-state index contributed by atoms with van der Waals surface area (Å²) in [6, 6.07) is 19.1. The Labute approximate surface area is 125 Å². The summed E-state index contributed by atoms with van der Waals surface area (Å²) in [5, 5.41) is 3.45. The summed E-state index contributed by atoms with van der Waals surface area (Å²) >= 11 is 0. The van der Waals surface area contributed by atoms with Gasteiger partial charge in [-0.05, 0) is 38.1 Å². The van der Waals surface area contributed by atoms with Gasteiger partial charge in [0.1, 0.15) is 5.82 Å². The molecule has 2 aromatic carbocycles. The molecule has 0 spiro atoms. The molecule has 0 radical (unpaired) electrons. The molecule has 0 unspecified atom stereocenters. The minimum atomic E-state index is 0.420. The molecular formula is C18H21N3. The first-order valence-electron chi connectivity index (χ1n) is 7.50. The van der Waals surface area contributed by atoms with Crippen LogP contribution in [0.2, 0.25) is 0 Å². The van der Waals surface area contributed by atoms with E-state index in [4.69, 9.17) is 4.98 Å². The lowest BCUT2D eigenvalue weighted by molar-refractivity contribution is 0.585. The lowest BCUT2D eigenvalue weighted by atomic mass is 10.3. The van der Waals surface area contributed by atoms with Crippen molar-refractivity contribution in [3.05, 3.63) is 60.4 Å². The van der Waals surface area contributed by atoms with Gasteiger partial charge in [0.05, 0.1) is 11.0 Å². The molecule has 3 aromatic rings. The molecule has 3 rings (SSSR count). The zero-order chi connectivity index (χ0) is 14.7. The molecule has 3 heteroatoms. The van der Waals surface area contributed by atoms with Crippen LogP contribution in [-0.2, 0) is 6.42 Å². The highest BCUT2D eigenvalue weighted by atomic mass is 15.1. The number of imidazole rings is 1. The van der Waals surface area contributed by atoms with Crippen molar-refractivity contribution < 1.29 is 0 Å². The van der Waals surface area contributed by atoms with Gasteiger partial charge in [-0.1, -0.05) is 30.3 Å². The van der Waals surface area contributed by atoms with Gasteiger partial charge in [0.15, 0.2) is 0 Å². The molecule has 0 aliphatic heterocycles. The van der Waals surface area contributed by atoms with Gasteiger partial charge >= 0.3 is 0 Å². The Kier molecular flexibility index (Phi) is 3.91. The number of anilines is 1. The summed E-state index contributed by atoms with van der Waals surface area (Å²) in [5.74, 6) is 1.15. The first-order valence-corrected chi connectivity index (χ1v) is 7.50. The summed E-state index contributed by atoms with van der Waals surface area (Å²) in [5.41, 5.74) is 3.47. The van der Waals surface area contributed by atoms with E-state index in [9.17, 15) is 0 Å². The van der Waals surface area contributed by atoms with E-state index >= 15 is 0 Å². The highest BCUT2D eigenvalue weighted by molar-refractivity contribution is 5.76. The van der Waals surface area contributed by atoms with Crippen LogP contribution in [0.5, 0.6) is 0 Å². The number of para-hydroxylation sites is 3. The Balaban J connectivity index is 1.79. The molecule has 21 heavy (non-hydrogen) atoms. The quantitative estimate of drug-likeness (QED) is 0.755. The van der Waals surface area contributed by atoms with Gasteiger partial charge in [-0.3, -0.25) is 0 Å². The van der Waals surface area contributed by atoms with Gasteiger partial charge in [0.2, 0.25) is 0 Å².